The third-order valence-corrected chi connectivity index (χ3v) is 4.52. The molecule has 0 spiro atoms. The highest BCUT2D eigenvalue weighted by Gasteiger charge is 2.27. The zero-order chi connectivity index (χ0) is 16.1. The van der Waals surface area contributed by atoms with Crippen LogP contribution in [-0.4, -0.2) is 63.5 Å². The molecule has 1 aliphatic heterocycles. The first kappa shape index (κ1) is 17.4. The number of rotatable bonds is 7. The molecule has 1 fully saturated rings. The maximum atomic E-state index is 9.37. The average molecular weight is 308 g/mol. The molecule has 0 aliphatic carbocycles. The lowest BCUT2D eigenvalue weighted by Gasteiger charge is -2.42. The molecule has 0 radical (unpaired) electrons. The zero-order valence-corrected chi connectivity index (χ0v) is 14.6. The van der Waals surface area contributed by atoms with Crippen molar-refractivity contribution < 1.29 is 5.11 Å². The van der Waals surface area contributed by atoms with Gasteiger partial charge in [0, 0.05) is 63.7 Å². The number of hydrogen-bond donors (Lipinski definition) is 1. The average Bonchev–Trinajstić information content (AvgIpc) is 2.82. The van der Waals surface area contributed by atoms with E-state index in [0.717, 1.165) is 51.4 Å². The Labute approximate surface area is 134 Å². The topological polar surface area (TPSA) is 44.5 Å². The fourth-order valence-electron chi connectivity index (χ4n) is 3.35. The zero-order valence-electron chi connectivity index (χ0n) is 14.6. The Kier molecular flexibility index (Phi) is 6.41. The van der Waals surface area contributed by atoms with Crippen molar-refractivity contribution in [3.05, 3.63) is 17.5 Å². The number of piperazine rings is 1. The SMILES string of the molecule is CCn1cc(CN2CCN(CC(C)C)C(CCO)C2)c(C)n1. The van der Waals surface area contributed by atoms with E-state index in [4.69, 9.17) is 0 Å². The van der Waals surface area contributed by atoms with E-state index in [0.29, 0.717) is 12.0 Å². The smallest absolute Gasteiger partial charge is 0.0638 e. The molecule has 126 valence electrons. The molecule has 0 amide bonds. The van der Waals surface area contributed by atoms with Crippen molar-refractivity contribution in [3.63, 3.8) is 0 Å². The van der Waals surface area contributed by atoms with Crippen molar-refractivity contribution in [2.45, 2.75) is 53.2 Å². The maximum absolute atomic E-state index is 9.37. The van der Waals surface area contributed by atoms with Crippen LogP contribution in [0.15, 0.2) is 6.20 Å². The van der Waals surface area contributed by atoms with Crippen LogP contribution in [0.4, 0.5) is 0 Å². The van der Waals surface area contributed by atoms with Crippen LogP contribution in [0.3, 0.4) is 0 Å². The Morgan fingerprint density at radius 2 is 2.14 bits per heavy atom. The van der Waals surface area contributed by atoms with E-state index in [1.807, 2.05) is 4.68 Å². The highest BCUT2D eigenvalue weighted by atomic mass is 16.3. The van der Waals surface area contributed by atoms with E-state index in [1.54, 1.807) is 0 Å². The molecule has 5 nitrogen and oxygen atoms in total. The summed E-state index contributed by atoms with van der Waals surface area (Å²) >= 11 is 0. The number of aliphatic hydroxyl groups is 1. The fourth-order valence-corrected chi connectivity index (χ4v) is 3.35. The van der Waals surface area contributed by atoms with Gasteiger partial charge in [-0.25, -0.2) is 0 Å². The summed E-state index contributed by atoms with van der Waals surface area (Å²) in [4.78, 5) is 5.07. The van der Waals surface area contributed by atoms with E-state index in [9.17, 15) is 5.11 Å². The Morgan fingerprint density at radius 1 is 1.36 bits per heavy atom. The third-order valence-electron chi connectivity index (χ3n) is 4.52. The van der Waals surface area contributed by atoms with Crippen LogP contribution in [0.1, 0.15) is 38.4 Å². The van der Waals surface area contributed by atoms with Gasteiger partial charge < -0.3 is 5.11 Å². The van der Waals surface area contributed by atoms with Crippen molar-refractivity contribution >= 4 is 0 Å². The molecule has 1 saturated heterocycles. The van der Waals surface area contributed by atoms with Crippen molar-refractivity contribution in [3.8, 4) is 0 Å². The number of aliphatic hydroxyl groups excluding tert-OH is 1. The van der Waals surface area contributed by atoms with Crippen molar-refractivity contribution in [1.29, 1.82) is 0 Å². The van der Waals surface area contributed by atoms with Gasteiger partial charge in [-0.15, -0.1) is 0 Å². The molecule has 0 bridgehead atoms. The fraction of sp³-hybridized carbons (Fsp3) is 0.824. The Bertz CT molecular complexity index is 458. The maximum Gasteiger partial charge on any atom is 0.0638 e. The molecule has 1 N–H and O–H groups in total. The van der Waals surface area contributed by atoms with Gasteiger partial charge in [0.05, 0.1) is 5.69 Å². The Balaban J connectivity index is 1.97. The highest BCUT2D eigenvalue weighted by Crippen LogP contribution is 2.18. The summed E-state index contributed by atoms with van der Waals surface area (Å²) in [6, 6.07) is 0.475. The van der Waals surface area contributed by atoms with Crippen LogP contribution >= 0.6 is 0 Å². The minimum absolute atomic E-state index is 0.278. The second kappa shape index (κ2) is 8.09. The minimum atomic E-state index is 0.278. The van der Waals surface area contributed by atoms with Crippen LogP contribution in [0.25, 0.3) is 0 Å². The van der Waals surface area contributed by atoms with Gasteiger partial charge in [0.1, 0.15) is 0 Å². The molecule has 0 aromatic carbocycles. The van der Waals surface area contributed by atoms with Gasteiger partial charge in [0.15, 0.2) is 0 Å². The summed E-state index contributed by atoms with van der Waals surface area (Å²) < 4.78 is 2.02. The normalized spacial score (nSPS) is 20.9. The molecule has 2 rings (SSSR count). The van der Waals surface area contributed by atoms with Crippen LogP contribution in [0.5, 0.6) is 0 Å². The Morgan fingerprint density at radius 3 is 2.73 bits per heavy atom. The molecule has 22 heavy (non-hydrogen) atoms. The predicted molar refractivity (Wildman–Crippen MR) is 89.8 cm³/mol. The van der Waals surface area contributed by atoms with Crippen LogP contribution in [0.2, 0.25) is 0 Å². The molecular formula is C17H32N4O. The number of hydrogen-bond acceptors (Lipinski definition) is 4. The minimum Gasteiger partial charge on any atom is -0.396 e. The summed E-state index contributed by atoms with van der Waals surface area (Å²) in [6.07, 6.45) is 3.05. The van der Waals surface area contributed by atoms with Gasteiger partial charge in [0.2, 0.25) is 0 Å². The quantitative estimate of drug-likeness (QED) is 0.833. The summed E-state index contributed by atoms with van der Waals surface area (Å²) in [5.41, 5.74) is 2.48. The molecule has 1 aliphatic rings. The van der Waals surface area contributed by atoms with Crippen molar-refractivity contribution in [2.24, 2.45) is 5.92 Å². The highest BCUT2D eigenvalue weighted by molar-refractivity contribution is 5.15. The van der Waals surface area contributed by atoms with E-state index < -0.39 is 0 Å². The summed E-state index contributed by atoms with van der Waals surface area (Å²) in [6.45, 7) is 15.3. The number of aryl methyl sites for hydroxylation is 2. The molecule has 5 heteroatoms. The summed E-state index contributed by atoms with van der Waals surface area (Å²) in [5, 5.41) is 13.9. The second-order valence-corrected chi connectivity index (χ2v) is 6.89. The number of nitrogens with zero attached hydrogens (tertiary/aromatic N) is 4. The molecule has 1 aromatic heterocycles. The van der Waals surface area contributed by atoms with E-state index in [1.165, 1.54) is 5.56 Å². The van der Waals surface area contributed by atoms with Crippen LogP contribution < -0.4 is 0 Å². The van der Waals surface area contributed by atoms with Gasteiger partial charge in [-0.05, 0) is 26.2 Å². The molecule has 1 aromatic rings. The van der Waals surface area contributed by atoms with Gasteiger partial charge in [0.25, 0.3) is 0 Å². The molecular weight excluding hydrogens is 276 g/mol. The first-order valence-electron chi connectivity index (χ1n) is 8.63. The summed E-state index contributed by atoms with van der Waals surface area (Å²) in [7, 11) is 0. The first-order valence-corrected chi connectivity index (χ1v) is 8.63. The lowest BCUT2D eigenvalue weighted by Crippen LogP contribution is -2.53. The second-order valence-electron chi connectivity index (χ2n) is 6.89. The Hall–Kier alpha value is -0.910. The predicted octanol–water partition coefficient (Wildman–Crippen LogP) is 1.74. The van der Waals surface area contributed by atoms with Crippen LogP contribution in [-0.2, 0) is 13.1 Å². The molecule has 2 heterocycles. The monoisotopic (exact) mass is 308 g/mol. The van der Waals surface area contributed by atoms with Gasteiger partial charge in [-0.2, -0.15) is 5.10 Å². The standard InChI is InChI=1S/C17H32N4O/c1-5-21-12-16(15(4)18-21)11-19-7-8-20(10-14(2)3)17(13-19)6-9-22/h12,14,17,22H,5-11,13H2,1-4H3. The van der Waals surface area contributed by atoms with Gasteiger partial charge in [-0.3, -0.25) is 14.5 Å². The van der Waals surface area contributed by atoms with E-state index >= 15 is 0 Å². The summed E-state index contributed by atoms with van der Waals surface area (Å²) in [5.74, 6) is 0.678. The lowest BCUT2D eigenvalue weighted by atomic mass is 10.1. The van der Waals surface area contributed by atoms with Crippen molar-refractivity contribution in [1.82, 2.24) is 19.6 Å². The van der Waals surface area contributed by atoms with Gasteiger partial charge >= 0.3 is 0 Å². The lowest BCUT2D eigenvalue weighted by molar-refractivity contribution is 0.0476. The first-order chi connectivity index (χ1) is 10.5. The van der Waals surface area contributed by atoms with E-state index in [2.05, 4.69) is 48.8 Å². The van der Waals surface area contributed by atoms with Crippen LogP contribution in [0, 0.1) is 12.8 Å². The molecule has 0 saturated carbocycles. The number of aromatic nitrogens is 2. The van der Waals surface area contributed by atoms with Gasteiger partial charge in [-0.1, -0.05) is 13.8 Å². The largest absolute Gasteiger partial charge is 0.396 e. The molecule has 1 atom stereocenters. The molecule has 1 unspecified atom stereocenters. The van der Waals surface area contributed by atoms with Crippen molar-refractivity contribution in [2.75, 3.05) is 32.8 Å². The third kappa shape index (κ3) is 4.54. The van der Waals surface area contributed by atoms with E-state index in [-0.39, 0.29) is 6.61 Å².